The zero-order chi connectivity index (χ0) is 16.1. The number of anilines is 1. The number of aromatic nitrogens is 2. The van der Waals surface area contributed by atoms with Gasteiger partial charge >= 0.3 is 0 Å². The van der Waals surface area contributed by atoms with Crippen LogP contribution in [0.1, 0.15) is 28.8 Å². The zero-order valence-electron chi connectivity index (χ0n) is 12.6. The molecule has 3 rings (SSSR count). The third kappa shape index (κ3) is 3.46. The SMILES string of the molecule is N#Cc1ccncc1N1CCC(NC(=O)c2ccncc2)CC1. The smallest absolute Gasteiger partial charge is 0.251 e. The van der Waals surface area contributed by atoms with Gasteiger partial charge in [-0.1, -0.05) is 0 Å². The van der Waals surface area contributed by atoms with E-state index in [2.05, 4.69) is 26.3 Å². The molecule has 0 bridgehead atoms. The summed E-state index contributed by atoms with van der Waals surface area (Å²) in [6, 6.07) is 7.49. The third-order valence-electron chi connectivity index (χ3n) is 4.03. The second-order valence-electron chi connectivity index (χ2n) is 5.48. The summed E-state index contributed by atoms with van der Waals surface area (Å²) in [6.07, 6.45) is 8.28. The number of hydrogen-bond acceptors (Lipinski definition) is 5. The molecule has 1 saturated heterocycles. The molecule has 0 aliphatic carbocycles. The molecule has 1 amide bonds. The van der Waals surface area contributed by atoms with E-state index in [1.165, 1.54) is 0 Å². The van der Waals surface area contributed by atoms with Gasteiger partial charge in [0.05, 0.1) is 17.4 Å². The van der Waals surface area contributed by atoms with E-state index in [-0.39, 0.29) is 11.9 Å². The molecule has 0 atom stereocenters. The van der Waals surface area contributed by atoms with Crippen molar-refractivity contribution in [1.82, 2.24) is 15.3 Å². The molecule has 1 N–H and O–H groups in total. The summed E-state index contributed by atoms with van der Waals surface area (Å²) in [6.45, 7) is 1.59. The molecule has 0 radical (unpaired) electrons. The summed E-state index contributed by atoms with van der Waals surface area (Å²) in [5.41, 5.74) is 2.13. The third-order valence-corrected chi connectivity index (χ3v) is 4.03. The van der Waals surface area contributed by atoms with Crippen molar-refractivity contribution in [2.24, 2.45) is 0 Å². The number of rotatable bonds is 3. The van der Waals surface area contributed by atoms with Crippen LogP contribution in [-0.4, -0.2) is 35.0 Å². The topological polar surface area (TPSA) is 81.9 Å². The van der Waals surface area contributed by atoms with E-state index >= 15 is 0 Å². The van der Waals surface area contributed by atoms with Crippen molar-refractivity contribution >= 4 is 11.6 Å². The number of carbonyl (C=O) groups excluding carboxylic acids is 1. The molecule has 1 fully saturated rings. The fourth-order valence-electron chi connectivity index (χ4n) is 2.77. The van der Waals surface area contributed by atoms with Crippen LogP contribution in [0, 0.1) is 11.3 Å². The number of piperidine rings is 1. The van der Waals surface area contributed by atoms with Gasteiger partial charge in [0.25, 0.3) is 5.91 Å². The maximum absolute atomic E-state index is 12.2. The molecular weight excluding hydrogens is 290 g/mol. The Morgan fingerprint density at radius 3 is 2.57 bits per heavy atom. The highest BCUT2D eigenvalue weighted by atomic mass is 16.1. The molecule has 0 aromatic carbocycles. The summed E-state index contributed by atoms with van der Waals surface area (Å²) in [5.74, 6) is -0.0649. The van der Waals surface area contributed by atoms with E-state index in [0.29, 0.717) is 11.1 Å². The van der Waals surface area contributed by atoms with Crippen molar-refractivity contribution in [3.05, 3.63) is 54.1 Å². The Kier molecular flexibility index (Phi) is 4.48. The van der Waals surface area contributed by atoms with Crippen LogP contribution in [-0.2, 0) is 0 Å². The second-order valence-corrected chi connectivity index (χ2v) is 5.48. The Morgan fingerprint density at radius 1 is 1.17 bits per heavy atom. The lowest BCUT2D eigenvalue weighted by molar-refractivity contribution is 0.0931. The number of amides is 1. The van der Waals surface area contributed by atoms with Crippen molar-refractivity contribution in [1.29, 1.82) is 5.26 Å². The molecule has 1 aliphatic rings. The Morgan fingerprint density at radius 2 is 1.87 bits per heavy atom. The lowest BCUT2D eigenvalue weighted by atomic mass is 10.0. The summed E-state index contributed by atoms with van der Waals surface area (Å²) in [5, 5.41) is 12.2. The first-order chi connectivity index (χ1) is 11.3. The van der Waals surface area contributed by atoms with Crippen LogP contribution in [0.3, 0.4) is 0 Å². The van der Waals surface area contributed by atoms with E-state index < -0.39 is 0 Å². The molecule has 0 unspecified atom stereocenters. The second kappa shape index (κ2) is 6.88. The average molecular weight is 307 g/mol. The van der Waals surface area contributed by atoms with E-state index in [9.17, 15) is 10.1 Å². The van der Waals surface area contributed by atoms with Crippen molar-refractivity contribution < 1.29 is 4.79 Å². The van der Waals surface area contributed by atoms with Gasteiger partial charge in [0.2, 0.25) is 0 Å². The van der Waals surface area contributed by atoms with Crippen molar-refractivity contribution in [2.45, 2.75) is 18.9 Å². The molecule has 3 heterocycles. The minimum absolute atomic E-state index is 0.0649. The number of carbonyl (C=O) groups is 1. The molecule has 1 aliphatic heterocycles. The molecule has 0 saturated carbocycles. The van der Waals surface area contributed by atoms with E-state index in [0.717, 1.165) is 31.6 Å². The number of hydrogen-bond donors (Lipinski definition) is 1. The van der Waals surface area contributed by atoms with Gasteiger partial charge in [-0.25, -0.2) is 0 Å². The molecule has 6 heteroatoms. The van der Waals surface area contributed by atoms with Gasteiger partial charge in [-0.3, -0.25) is 14.8 Å². The Hall–Kier alpha value is -2.94. The van der Waals surface area contributed by atoms with Crippen LogP contribution in [0.4, 0.5) is 5.69 Å². The predicted octanol–water partition coefficient (Wildman–Crippen LogP) is 1.75. The van der Waals surface area contributed by atoms with Gasteiger partial charge in [0, 0.05) is 43.3 Å². The maximum atomic E-state index is 12.2. The van der Waals surface area contributed by atoms with Gasteiger partial charge in [0.1, 0.15) is 6.07 Å². The monoisotopic (exact) mass is 307 g/mol. The highest BCUT2D eigenvalue weighted by Crippen LogP contribution is 2.22. The Labute approximate surface area is 134 Å². The van der Waals surface area contributed by atoms with Crippen molar-refractivity contribution in [3.63, 3.8) is 0 Å². The van der Waals surface area contributed by atoms with Crippen LogP contribution in [0.5, 0.6) is 0 Å². The van der Waals surface area contributed by atoms with Gasteiger partial charge in [-0.2, -0.15) is 5.26 Å². The van der Waals surface area contributed by atoms with Crippen LogP contribution in [0.25, 0.3) is 0 Å². The summed E-state index contributed by atoms with van der Waals surface area (Å²) < 4.78 is 0. The molecule has 116 valence electrons. The number of nitriles is 1. The first-order valence-electron chi connectivity index (χ1n) is 7.58. The minimum Gasteiger partial charge on any atom is -0.369 e. The van der Waals surface area contributed by atoms with E-state index in [1.807, 2.05) is 0 Å². The molecule has 6 nitrogen and oxygen atoms in total. The van der Waals surface area contributed by atoms with Crippen LogP contribution in [0.15, 0.2) is 43.0 Å². The first kappa shape index (κ1) is 15.0. The fraction of sp³-hybridized carbons (Fsp3) is 0.294. The highest BCUT2D eigenvalue weighted by Gasteiger charge is 2.22. The van der Waals surface area contributed by atoms with Gasteiger partial charge in [-0.15, -0.1) is 0 Å². The number of nitrogens with zero attached hydrogens (tertiary/aromatic N) is 4. The minimum atomic E-state index is -0.0649. The Balaban J connectivity index is 1.59. The number of nitrogens with one attached hydrogen (secondary N) is 1. The fourth-order valence-corrected chi connectivity index (χ4v) is 2.77. The lowest BCUT2D eigenvalue weighted by Gasteiger charge is -2.34. The predicted molar refractivity (Wildman–Crippen MR) is 85.9 cm³/mol. The standard InChI is InChI=1S/C17H17N5O/c18-11-14-3-8-20-12-16(14)22-9-4-15(5-10-22)21-17(23)13-1-6-19-7-2-13/h1-3,6-8,12,15H,4-5,9-10H2,(H,21,23). The Bertz CT molecular complexity index is 717. The van der Waals surface area contributed by atoms with Crippen LogP contribution < -0.4 is 10.2 Å². The first-order valence-corrected chi connectivity index (χ1v) is 7.58. The lowest BCUT2D eigenvalue weighted by Crippen LogP contribution is -2.45. The average Bonchev–Trinajstić information content (AvgIpc) is 2.63. The number of pyridine rings is 2. The maximum Gasteiger partial charge on any atom is 0.251 e. The summed E-state index contributed by atoms with van der Waals surface area (Å²) in [7, 11) is 0. The van der Waals surface area contributed by atoms with Crippen molar-refractivity contribution in [3.8, 4) is 6.07 Å². The van der Waals surface area contributed by atoms with E-state index in [4.69, 9.17) is 0 Å². The van der Waals surface area contributed by atoms with Gasteiger partial charge < -0.3 is 10.2 Å². The molecule has 0 spiro atoms. The van der Waals surface area contributed by atoms with Crippen LogP contribution >= 0.6 is 0 Å². The summed E-state index contributed by atoms with van der Waals surface area (Å²) in [4.78, 5) is 22.3. The zero-order valence-corrected chi connectivity index (χ0v) is 12.6. The van der Waals surface area contributed by atoms with Gasteiger partial charge in [0.15, 0.2) is 0 Å². The molecule has 23 heavy (non-hydrogen) atoms. The molecule has 2 aromatic heterocycles. The largest absolute Gasteiger partial charge is 0.369 e. The molecule has 2 aromatic rings. The molecular formula is C17H17N5O. The summed E-state index contributed by atoms with van der Waals surface area (Å²) >= 11 is 0. The van der Waals surface area contributed by atoms with Gasteiger partial charge in [-0.05, 0) is 31.0 Å². The van der Waals surface area contributed by atoms with Crippen LogP contribution in [0.2, 0.25) is 0 Å². The van der Waals surface area contributed by atoms with E-state index in [1.54, 1.807) is 43.0 Å². The normalized spacial score (nSPS) is 15.0. The highest BCUT2D eigenvalue weighted by molar-refractivity contribution is 5.94. The van der Waals surface area contributed by atoms with Crippen molar-refractivity contribution in [2.75, 3.05) is 18.0 Å². The quantitative estimate of drug-likeness (QED) is 0.934.